The van der Waals surface area contributed by atoms with E-state index in [9.17, 15) is 13.2 Å². The van der Waals surface area contributed by atoms with Crippen LogP contribution in [0.1, 0.15) is 12.8 Å². The Hall–Kier alpha value is 0.390. The molecule has 14 heavy (non-hydrogen) atoms. The van der Waals surface area contributed by atoms with Crippen molar-refractivity contribution in [2.75, 3.05) is 30.6 Å². The number of thioether (sulfide) groups is 1. The summed E-state index contributed by atoms with van der Waals surface area (Å²) >= 11 is 7.14. The van der Waals surface area contributed by atoms with Gasteiger partial charge in [-0.05, 0) is 24.3 Å². The highest BCUT2D eigenvalue weighted by atomic mass is 35.5. The molecule has 0 fully saturated rings. The smallest absolute Gasteiger partial charge is 0.372 e. The molecule has 0 saturated carbocycles. The van der Waals surface area contributed by atoms with Crippen LogP contribution in [-0.2, 0) is 4.74 Å². The molecule has 0 atom stereocenters. The lowest BCUT2D eigenvalue weighted by Gasteiger charge is -2.06. The SMILES string of the molecule is FC(F)(F)COCCCSCCCCl. The first-order valence-electron chi connectivity index (χ1n) is 4.34. The number of ether oxygens (including phenoxy) is 1. The molecule has 6 heteroatoms. The number of hydrogen-bond donors (Lipinski definition) is 0. The molecule has 0 aromatic rings. The highest BCUT2D eigenvalue weighted by Crippen LogP contribution is 2.14. The lowest BCUT2D eigenvalue weighted by molar-refractivity contribution is -0.173. The van der Waals surface area contributed by atoms with Gasteiger partial charge in [0.2, 0.25) is 0 Å². The summed E-state index contributed by atoms with van der Waals surface area (Å²) in [4.78, 5) is 0. The highest BCUT2D eigenvalue weighted by Gasteiger charge is 2.26. The maximum Gasteiger partial charge on any atom is 0.411 e. The molecule has 0 N–H and O–H groups in total. The molecular formula is C8H14ClF3OS. The fraction of sp³-hybridized carbons (Fsp3) is 1.00. The topological polar surface area (TPSA) is 9.23 Å². The van der Waals surface area contributed by atoms with Gasteiger partial charge >= 0.3 is 6.18 Å². The van der Waals surface area contributed by atoms with Crippen molar-refractivity contribution < 1.29 is 17.9 Å². The summed E-state index contributed by atoms with van der Waals surface area (Å²) in [6.07, 6.45) is -2.61. The summed E-state index contributed by atoms with van der Waals surface area (Å²) in [5.41, 5.74) is 0. The van der Waals surface area contributed by atoms with E-state index in [-0.39, 0.29) is 6.61 Å². The Bertz CT molecular complexity index is 132. The molecular weight excluding hydrogens is 237 g/mol. The van der Waals surface area contributed by atoms with Crippen molar-refractivity contribution in [1.29, 1.82) is 0 Å². The molecule has 1 nitrogen and oxygen atoms in total. The average molecular weight is 251 g/mol. The van der Waals surface area contributed by atoms with E-state index in [1.807, 2.05) is 0 Å². The van der Waals surface area contributed by atoms with E-state index >= 15 is 0 Å². The van der Waals surface area contributed by atoms with Crippen molar-refractivity contribution in [3.63, 3.8) is 0 Å². The standard InChI is InChI=1S/C8H14ClF3OS/c9-3-1-5-14-6-2-4-13-7-8(10,11)12/h1-7H2. The van der Waals surface area contributed by atoms with Crippen molar-refractivity contribution in [2.45, 2.75) is 19.0 Å². The Morgan fingerprint density at radius 1 is 1.14 bits per heavy atom. The van der Waals surface area contributed by atoms with Gasteiger partial charge in [-0.2, -0.15) is 24.9 Å². The van der Waals surface area contributed by atoms with Gasteiger partial charge in [0.1, 0.15) is 6.61 Å². The fourth-order valence-electron chi connectivity index (χ4n) is 0.710. The van der Waals surface area contributed by atoms with E-state index < -0.39 is 12.8 Å². The molecule has 0 aliphatic carbocycles. The number of rotatable bonds is 8. The summed E-state index contributed by atoms with van der Waals surface area (Å²) in [5.74, 6) is 2.43. The van der Waals surface area contributed by atoms with Crippen LogP contribution >= 0.6 is 23.4 Å². The Labute approximate surface area is 91.3 Å². The molecule has 0 radical (unpaired) electrons. The van der Waals surface area contributed by atoms with E-state index in [1.54, 1.807) is 11.8 Å². The third-order valence-electron chi connectivity index (χ3n) is 1.27. The van der Waals surface area contributed by atoms with Gasteiger partial charge < -0.3 is 4.74 Å². The van der Waals surface area contributed by atoms with Gasteiger partial charge in [-0.1, -0.05) is 0 Å². The van der Waals surface area contributed by atoms with Gasteiger partial charge in [-0.3, -0.25) is 0 Å². The zero-order valence-corrected chi connectivity index (χ0v) is 9.35. The third-order valence-corrected chi connectivity index (χ3v) is 2.69. The van der Waals surface area contributed by atoms with E-state index in [1.165, 1.54) is 0 Å². The Morgan fingerprint density at radius 3 is 2.36 bits per heavy atom. The molecule has 0 rings (SSSR count). The monoisotopic (exact) mass is 250 g/mol. The second-order valence-electron chi connectivity index (χ2n) is 2.68. The largest absolute Gasteiger partial charge is 0.411 e. The van der Waals surface area contributed by atoms with Crippen LogP contribution in [-0.4, -0.2) is 36.8 Å². The molecule has 0 aromatic carbocycles. The zero-order valence-electron chi connectivity index (χ0n) is 7.78. The minimum atomic E-state index is -4.20. The molecule has 0 aliphatic rings. The molecule has 0 heterocycles. The van der Waals surface area contributed by atoms with Gasteiger partial charge in [0.15, 0.2) is 0 Å². The van der Waals surface area contributed by atoms with Crippen molar-refractivity contribution in [3.8, 4) is 0 Å². The van der Waals surface area contributed by atoms with Gasteiger partial charge in [0, 0.05) is 12.5 Å². The van der Waals surface area contributed by atoms with Crippen LogP contribution in [0.15, 0.2) is 0 Å². The van der Waals surface area contributed by atoms with Gasteiger partial charge in [-0.15, -0.1) is 11.6 Å². The molecule has 0 spiro atoms. The van der Waals surface area contributed by atoms with Crippen LogP contribution in [0.2, 0.25) is 0 Å². The maximum atomic E-state index is 11.6. The minimum absolute atomic E-state index is 0.174. The van der Waals surface area contributed by atoms with Crippen molar-refractivity contribution in [1.82, 2.24) is 0 Å². The molecule has 0 bridgehead atoms. The first-order valence-corrected chi connectivity index (χ1v) is 6.03. The van der Waals surface area contributed by atoms with Crippen LogP contribution in [0.4, 0.5) is 13.2 Å². The van der Waals surface area contributed by atoms with Crippen molar-refractivity contribution in [2.24, 2.45) is 0 Å². The van der Waals surface area contributed by atoms with Gasteiger partial charge in [-0.25, -0.2) is 0 Å². The lowest BCUT2D eigenvalue weighted by Crippen LogP contribution is -2.17. The number of hydrogen-bond acceptors (Lipinski definition) is 2. The van der Waals surface area contributed by atoms with Crippen LogP contribution in [0, 0.1) is 0 Å². The average Bonchev–Trinajstić information content (AvgIpc) is 2.08. The Morgan fingerprint density at radius 2 is 1.79 bits per heavy atom. The number of alkyl halides is 4. The second-order valence-corrected chi connectivity index (χ2v) is 4.28. The van der Waals surface area contributed by atoms with E-state index in [4.69, 9.17) is 11.6 Å². The highest BCUT2D eigenvalue weighted by molar-refractivity contribution is 7.99. The summed E-state index contributed by atoms with van der Waals surface area (Å²) in [6, 6.07) is 0. The van der Waals surface area contributed by atoms with Gasteiger partial charge in [0.05, 0.1) is 0 Å². The summed E-state index contributed by atoms with van der Waals surface area (Å²) in [7, 11) is 0. The summed E-state index contributed by atoms with van der Waals surface area (Å²) in [6.45, 7) is -0.966. The first kappa shape index (κ1) is 14.4. The van der Waals surface area contributed by atoms with Crippen molar-refractivity contribution >= 4 is 23.4 Å². The summed E-state index contributed by atoms with van der Waals surface area (Å²) in [5, 5.41) is 0. The molecule has 0 unspecified atom stereocenters. The predicted molar refractivity (Wildman–Crippen MR) is 54.2 cm³/mol. The fourth-order valence-corrected chi connectivity index (χ4v) is 1.88. The second kappa shape index (κ2) is 8.68. The normalized spacial score (nSPS) is 12.0. The zero-order chi connectivity index (χ0) is 10.9. The minimum Gasteiger partial charge on any atom is -0.372 e. The van der Waals surface area contributed by atoms with Gasteiger partial charge in [0.25, 0.3) is 0 Å². The lowest BCUT2D eigenvalue weighted by atomic mass is 10.5. The maximum absolute atomic E-state index is 11.6. The van der Waals surface area contributed by atoms with Crippen molar-refractivity contribution in [3.05, 3.63) is 0 Å². The molecule has 0 saturated heterocycles. The predicted octanol–water partition coefficient (Wildman–Crippen LogP) is 3.32. The molecule has 0 amide bonds. The van der Waals surface area contributed by atoms with Crippen LogP contribution in [0.25, 0.3) is 0 Å². The van der Waals surface area contributed by atoms with E-state index in [0.29, 0.717) is 12.3 Å². The first-order chi connectivity index (χ1) is 6.56. The molecule has 0 aliphatic heterocycles. The van der Waals surface area contributed by atoms with E-state index in [0.717, 1.165) is 17.9 Å². The Balaban J connectivity index is 2.99. The third kappa shape index (κ3) is 12.4. The van der Waals surface area contributed by atoms with Crippen LogP contribution in [0.3, 0.4) is 0 Å². The summed E-state index contributed by atoms with van der Waals surface area (Å²) < 4.78 is 39.2. The van der Waals surface area contributed by atoms with Crippen LogP contribution in [0.5, 0.6) is 0 Å². The van der Waals surface area contributed by atoms with Crippen LogP contribution < -0.4 is 0 Å². The van der Waals surface area contributed by atoms with E-state index in [2.05, 4.69) is 4.74 Å². The molecule has 0 aromatic heterocycles. The molecule has 86 valence electrons. The Kier molecular flexibility index (Phi) is 8.92. The quantitative estimate of drug-likeness (QED) is 0.483. The number of halogens is 4.